The summed E-state index contributed by atoms with van der Waals surface area (Å²) in [4.78, 5) is 39.1. The Kier molecular flexibility index (Phi) is 7.73. The molecular weight excluding hydrogens is 528 g/mol. The van der Waals surface area contributed by atoms with Crippen molar-refractivity contribution >= 4 is 56.5 Å². The molecule has 1 fully saturated rings. The van der Waals surface area contributed by atoms with E-state index >= 15 is 0 Å². The average Bonchev–Trinajstić information content (AvgIpc) is 3.09. The lowest BCUT2D eigenvalue weighted by Crippen LogP contribution is -2.27. The molecule has 1 aliphatic heterocycles. The standard InChI is InChI=1S/C27H23BrN2O4S/c1-17-6-11-22(12-18(17)2)29-25(31)16-34-23-5-3-4-20(13-23)14-24-26(32)30(27(33)35-24)15-19-7-9-21(28)10-8-19/h3-14H,15-16H2,1-2H3,(H,29,31)/b24-14-. The van der Waals surface area contributed by atoms with Crippen LogP contribution in [0.4, 0.5) is 10.5 Å². The number of imide groups is 1. The number of nitrogens with zero attached hydrogens (tertiary/aromatic N) is 1. The van der Waals surface area contributed by atoms with E-state index in [1.165, 1.54) is 4.90 Å². The van der Waals surface area contributed by atoms with Crippen LogP contribution in [0.15, 0.2) is 76.1 Å². The van der Waals surface area contributed by atoms with Gasteiger partial charge in [0.1, 0.15) is 5.75 Å². The molecular formula is C27H23BrN2O4S. The number of carbonyl (C=O) groups excluding carboxylic acids is 3. The Bertz CT molecular complexity index is 1320. The van der Waals surface area contributed by atoms with Crippen LogP contribution >= 0.6 is 27.7 Å². The van der Waals surface area contributed by atoms with Gasteiger partial charge in [0.15, 0.2) is 6.61 Å². The van der Waals surface area contributed by atoms with Crippen LogP contribution in [-0.2, 0) is 16.1 Å². The Balaban J connectivity index is 1.38. The number of anilines is 1. The fraction of sp³-hybridized carbons (Fsp3) is 0.148. The van der Waals surface area contributed by atoms with Gasteiger partial charge in [-0.1, -0.05) is 46.3 Å². The Labute approximate surface area is 216 Å². The number of rotatable bonds is 7. The molecule has 1 N–H and O–H groups in total. The second-order valence-corrected chi connectivity index (χ2v) is 10.0. The topological polar surface area (TPSA) is 75.7 Å². The minimum Gasteiger partial charge on any atom is -0.484 e. The van der Waals surface area contributed by atoms with Gasteiger partial charge in [-0.25, -0.2) is 0 Å². The number of amides is 3. The fourth-order valence-corrected chi connectivity index (χ4v) is 4.52. The quantitative estimate of drug-likeness (QED) is 0.348. The first-order valence-corrected chi connectivity index (χ1v) is 12.5. The maximum Gasteiger partial charge on any atom is 0.293 e. The smallest absolute Gasteiger partial charge is 0.293 e. The molecule has 0 bridgehead atoms. The van der Waals surface area contributed by atoms with Gasteiger partial charge in [0, 0.05) is 10.2 Å². The third-order valence-corrected chi connectivity index (χ3v) is 6.88. The second-order valence-electron chi connectivity index (χ2n) is 8.10. The van der Waals surface area contributed by atoms with E-state index in [0.29, 0.717) is 21.9 Å². The number of nitrogens with one attached hydrogen (secondary N) is 1. The van der Waals surface area contributed by atoms with Gasteiger partial charge in [-0.2, -0.15) is 0 Å². The molecule has 6 nitrogen and oxygen atoms in total. The number of benzene rings is 3. The van der Waals surface area contributed by atoms with Gasteiger partial charge in [0.25, 0.3) is 17.1 Å². The number of hydrogen-bond donors (Lipinski definition) is 1. The molecule has 1 aliphatic rings. The molecule has 4 rings (SSSR count). The minimum absolute atomic E-state index is 0.153. The molecule has 0 atom stereocenters. The van der Waals surface area contributed by atoms with Gasteiger partial charge in [0.2, 0.25) is 0 Å². The summed E-state index contributed by atoms with van der Waals surface area (Å²) in [6.07, 6.45) is 1.66. The third-order valence-electron chi connectivity index (χ3n) is 5.44. The van der Waals surface area contributed by atoms with Crippen LogP contribution in [-0.4, -0.2) is 28.6 Å². The van der Waals surface area contributed by atoms with E-state index < -0.39 is 0 Å². The van der Waals surface area contributed by atoms with Gasteiger partial charge >= 0.3 is 0 Å². The van der Waals surface area contributed by atoms with Gasteiger partial charge in [0.05, 0.1) is 11.4 Å². The number of thioether (sulfide) groups is 1. The summed E-state index contributed by atoms with van der Waals surface area (Å²) in [5, 5.41) is 2.52. The van der Waals surface area contributed by atoms with Crippen LogP contribution in [0.1, 0.15) is 22.3 Å². The zero-order chi connectivity index (χ0) is 24.9. The van der Waals surface area contributed by atoms with Crippen molar-refractivity contribution in [1.82, 2.24) is 4.90 Å². The lowest BCUT2D eigenvalue weighted by molar-refractivity contribution is -0.123. The number of ether oxygens (including phenoxy) is 1. The van der Waals surface area contributed by atoms with Crippen LogP contribution < -0.4 is 10.1 Å². The van der Waals surface area contributed by atoms with Crippen molar-refractivity contribution in [2.24, 2.45) is 0 Å². The van der Waals surface area contributed by atoms with Crippen molar-refractivity contribution in [2.45, 2.75) is 20.4 Å². The summed E-state index contributed by atoms with van der Waals surface area (Å²) < 4.78 is 6.57. The van der Waals surface area contributed by atoms with E-state index in [1.54, 1.807) is 24.3 Å². The summed E-state index contributed by atoms with van der Waals surface area (Å²) in [5.41, 5.74) is 4.53. The predicted molar refractivity (Wildman–Crippen MR) is 142 cm³/mol. The number of carbonyl (C=O) groups is 3. The van der Waals surface area contributed by atoms with E-state index in [9.17, 15) is 14.4 Å². The van der Waals surface area contributed by atoms with Crippen molar-refractivity contribution in [3.8, 4) is 5.75 Å². The number of halogens is 1. The first-order chi connectivity index (χ1) is 16.8. The van der Waals surface area contributed by atoms with Crippen LogP contribution in [0.3, 0.4) is 0 Å². The third kappa shape index (κ3) is 6.41. The highest BCUT2D eigenvalue weighted by atomic mass is 79.9. The Morgan fingerprint density at radius 2 is 1.80 bits per heavy atom. The van der Waals surface area contributed by atoms with Crippen molar-refractivity contribution in [3.05, 3.63) is 98.4 Å². The van der Waals surface area contributed by atoms with Crippen LogP contribution in [0.2, 0.25) is 0 Å². The highest BCUT2D eigenvalue weighted by molar-refractivity contribution is 9.10. The van der Waals surface area contributed by atoms with Crippen LogP contribution in [0.5, 0.6) is 5.75 Å². The zero-order valence-corrected chi connectivity index (χ0v) is 21.6. The normalized spacial score (nSPS) is 14.5. The molecule has 1 heterocycles. The van der Waals surface area contributed by atoms with E-state index in [0.717, 1.165) is 32.9 Å². The Morgan fingerprint density at radius 3 is 2.54 bits per heavy atom. The Morgan fingerprint density at radius 1 is 1.03 bits per heavy atom. The average molecular weight is 551 g/mol. The monoisotopic (exact) mass is 550 g/mol. The molecule has 0 aromatic heterocycles. The fourth-order valence-electron chi connectivity index (χ4n) is 3.42. The summed E-state index contributed by atoms with van der Waals surface area (Å²) in [6.45, 7) is 4.07. The van der Waals surface area contributed by atoms with E-state index in [2.05, 4.69) is 21.2 Å². The first-order valence-electron chi connectivity index (χ1n) is 10.9. The molecule has 0 unspecified atom stereocenters. The van der Waals surface area contributed by atoms with Crippen molar-refractivity contribution in [1.29, 1.82) is 0 Å². The second kappa shape index (κ2) is 10.9. The maximum absolute atomic E-state index is 12.8. The summed E-state index contributed by atoms with van der Waals surface area (Å²) in [6, 6.07) is 20.3. The zero-order valence-electron chi connectivity index (χ0n) is 19.2. The summed E-state index contributed by atoms with van der Waals surface area (Å²) >= 11 is 4.29. The summed E-state index contributed by atoms with van der Waals surface area (Å²) in [5.74, 6) is -0.113. The van der Waals surface area contributed by atoms with Gasteiger partial charge < -0.3 is 10.1 Å². The largest absolute Gasteiger partial charge is 0.484 e. The van der Waals surface area contributed by atoms with Crippen molar-refractivity contribution < 1.29 is 19.1 Å². The molecule has 3 aromatic rings. The lowest BCUT2D eigenvalue weighted by Gasteiger charge is -2.12. The molecule has 178 valence electrons. The van der Waals surface area contributed by atoms with Gasteiger partial charge in [-0.05, 0) is 90.3 Å². The molecule has 3 aromatic carbocycles. The maximum atomic E-state index is 12.8. The molecule has 35 heavy (non-hydrogen) atoms. The minimum atomic E-state index is -0.331. The highest BCUT2D eigenvalue weighted by Gasteiger charge is 2.34. The first kappa shape index (κ1) is 24.8. The number of aryl methyl sites for hydroxylation is 2. The molecule has 0 spiro atoms. The predicted octanol–water partition coefficient (Wildman–Crippen LogP) is 6.32. The number of hydrogen-bond acceptors (Lipinski definition) is 5. The molecule has 0 saturated carbocycles. The molecule has 3 amide bonds. The molecule has 0 radical (unpaired) electrons. The lowest BCUT2D eigenvalue weighted by atomic mass is 10.1. The van der Waals surface area contributed by atoms with Crippen LogP contribution in [0, 0.1) is 13.8 Å². The van der Waals surface area contributed by atoms with Gasteiger partial charge in [-0.3, -0.25) is 19.3 Å². The Hall–Kier alpha value is -3.36. The molecule has 8 heteroatoms. The van der Waals surface area contributed by atoms with Crippen molar-refractivity contribution in [2.75, 3.05) is 11.9 Å². The van der Waals surface area contributed by atoms with E-state index in [1.807, 2.05) is 62.4 Å². The van der Waals surface area contributed by atoms with Crippen LogP contribution in [0.25, 0.3) is 6.08 Å². The van der Waals surface area contributed by atoms with E-state index in [4.69, 9.17) is 4.74 Å². The SMILES string of the molecule is Cc1ccc(NC(=O)COc2cccc(/C=C3\SC(=O)N(Cc4ccc(Br)cc4)C3=O)c2)cc1C. The summed E-state index contributed by atoms with van der Waals surface area (Å²) in [7, 11) is 0. The van der Waals surface area contributed by atoms with Gasteiger partial charge in [-0.15, -0.1) is 0 Å². The van der Waals surface area contributed by atoms with E-state index in [-0.39, 0.29) is 30.2 Å². The highest BCUT2D eigenvalue weighted by Crippen LogP contribution is 2.33. The van der Waals surface area contributed by atoms with Crippen molar-refractivity contribution in [3.63, 3.8) is 0 Å². The molecule has 1 saturated heterocycles. The molecule has 0 aliphatic carbocycles.